The van der Waals surface area contributed by atoms with Gasteiger partial charge in [0.1, 0.15) is 0 Å². The Hall–Kier alpha value is -2.92. The Morgan fingerprint density at radius 3 is 2.66 bits per heavy atom. The lowest BCUT2D eigenvalue weighted by Crippen LogP contribution is -2.31. The lowest BCUT2D eigenvalue weighted by Gasteiger charge is -2.16. The quantitative estimate of drug-likeness (QED) is 0.648. The van der Waals surface area contributed by atoms with Crippen LogP contribution in [-0.2, 0) is 17.9 Å². The molecule has 2 atom stereocenters. The van der Waals surface area contributed by atoms with Crippen LogP contribution in [0.3, 0.4) is 0 Å². The topological polar surface area (TPSA) is 72.9 Å². The second-order valence-electron chi connectivity index (χ2n) is 7.89. The number of carbonyl (C=O) groups is 1. The molecule has 0 bridgehead atoms. The van der Waals surface area contributed by atoms with Gasteiger partial charge in [0.15, 0.2) is 0 Å². The Morgan fingerprint density at radius 2 is 1.93 bits per heavy atom. The van der Waals surface area contributed by atoms with Gasteiger partial charge in [-0.1, -0.05) is 55.0 Å². The first-order chi connectivity index (χ1) is 14.2. The summed E-state index contributed by atoms with van der Waals surface area (Å²) < 4.78 is 1.91. The molecule has 0 spiro atoms. The smallest absolute Gasteiger partial charge is 0.220 e. The van der Waals surface area contributed by atoms with Crippen LogP contribution in [0.25, 0.3) is 11.1 Å². The SMILES string of the molecule is N[C@@H]1CCC[C@H]1CC(=O)NCc1ccccc1-c1ccc(Cn2cccn2)cc1. The molecule has 1 saturated carbocycles. The maximum absolute atomic E-state index is 12.4. The van der Waals surface area contributed by atoms with Crippen LogP contribution < -0.4 is 11.1 Å². The summed E-state index contributed by atoms with van der Waals surface area (Å²) in [7, 11) is 0. The van der Waals surface area contributed by atoms with Crippen molar-refractivity contribution < 1.29 is 4.79 Å². The minimum Gasteiger partial charge on any atom is -0.352 e. The standard InChI is InChI=1S/C24H28N4O/c25-23-8-3-6-20(23)15-24(29)26-16-21-5-1-2-7-22(21)19-11-9-18(10-12-19)17-28-14-4-13-27-28/h1-2,4-5,7,9-14,20,23H,3,6,8,15-17,25H2,(H,26,29)/t20-,23+/m0/s1. The van der Waals surface area contributed by atoms with Crippen LogP contribution in [0.4, 0.5) is 0 Å². The molecule has 1 fully saturated rings. The highest BCUT2D eigenvalue weighted by molar-refractivity contribution is 5.77. The van der Waals surface area contributed by atoms with Gasteiger partial charge in [-0.25, -0.2) is 0 Å². The van der Waals surface area contributed by atoms with Gasteiger partial charge < -0.3 is 11.1 Å². The molecule has 150 valence electrons. The van der Waals surface area contributed by atoms with Crippen molar-refractivity contribution in [3.63, 3.8) is 0 Å². The highest BCUT2D eigenvalue weighted by Gasteiger charge is 2.25. The minimum absolute atomic E-state index is 0.0942. The van der Waals surface area contributed by atoms with E-state index < -0.39 is 0 Å². The largest absolute Gasteiger partial charge is 0.352 e. The monoisotopic (exact) mass is 388 g/mol. The highest BCUT2D eigenvalue weighted by atomic mass is 16.1. The van der Waals surface area contributed by atoms with Crippen LogP contribution in [0.2, 0.25) is 0 Å². The zero-order valence-electron chi connectivity index (χ0n) is 16.6. The van der Waals surface area contributed by atoms with Gasteiger partial charge in [-0.3, -0.25) is 9.48 Å². The number of benzene rings is 2. The number of hydrogen-bond donors (Lipinski definition) is 2. The number of nitrogens with one attached hydrogen (secondary N) is 1. The van der Waals surface area contributed by atoms with Crippen LogP contribution in [0.15, 0.2) is 67.0 Å². The molecule has 29 heavy (non-hydrogen) atoms. The Kier molecular flexibility index (Phi) is 6.06. The molecule has 1 amide bonds. The number of hydrogen-bond acceptors (Lipinski definition) is 3. The molecular formula is C24H28N4O. The predicted molar refractivity (Wildman–Crippen MR) is 115 cm³/mol. The summed E-state index contributed by atoms with van der Waals surface area (Å²) in [6.07, 6.45) is 7.53. The third-order valence-corrected chi connectivity index (χ3v) is 5.83. The van der Waals surface area contributed by atoms with Gasteiger partial charge in [0.05, 0.1) is 6.54 Å². The lowest BCUT2D eigenvalue weighted by molar-refractivity contribution is -0.122. The van der Waals surface area contributed by atoms with E-state index in [2.05, 4.69) is 46.8 Å². The van der Waals surface area contributed by atoms with Crippen molar-refractivity contribution in [2.45, 2.75) is 44.8 Å². The Morgan fingerprint density at radius 1 is 1.10 bits per heavy atom. The third-order valence-electron chi connectivity index (χ3n) is 5.83. The molecule has 1 aliphatic carbocycles. The summed E-state index contributed by atoms with van der Waals surface area (Å²) in [5.74, 6) is 0.421. The first-order valence-electron chi connectivity index (χ1n) is 10.4. The Balaban J connectivity index is 1.40. The number of nitrogens with zero attached hydrogens (tertiary/aromatic N) is 2. The zero-order valence-corrected chi connectivity index (χ0v) is 16.6. The van der Waals surface area contributed by atoms with E-state index in [1.54, 1.807) is 6.20 Å². The normalized spacial score (nSPS) is 18.7. The molecule has 1 aromatic heterocycles. The number of aromatic nitrogens is 2. The van der Waals surface area contributed by atoms with Gasteiger partial charge in [-0.2, -0.15) is 5.10 Å². The van der Waals surface area contributed by atoms with E-state index in [1.165, 1.54) is 5.56 Å². The fourth-order valence-corrected chi connectivity index (χ4v) is 4.15. The molecular weight excluding hydrogens is 360 g/mol. The third kappa shape index (κ3) is 4.93. The van der Waals surface area contributed by atoms with Crippen LogP contribution in [0.1, 0.15) is 36.8 Å². The molecule has 0 unspecified atom stereocenters. The Bertz CT molecular complexity index is 934. The van der Waals surface area contributed by atoms with Crippen LogP contribution >= 0.6 is 0 Å². The summed E-state index contributed by atoms with van der Waals surface area (Å²) in [5, 5.41) is 7.35. The second kappa shape index (κ2) is 9.05. The fourth-order valence-electron chi connectivity index (χ4n) is 4.15. The first kappa shape index (κ1) is 19.4. The van der Waals surface area contributed by atoms with E-state index in [0.29, 0.717) is 18.9 Å². The minimum atomic E-state index is 0.0942. The van der Waals surface area contributed by atoms with E-state index in [1.807, 2.05) is 29.1 Å². The number of carbonyl (C=O) groups excluding carboxylic acids is 1. The predicted octanol–water partition coefficient (Wildman–Crippen LogP) is 3.73. The van der Waals surface area contributed by atoms with E-state index in [4.69, 9.17) is 5.73 Å². The first-order valence-corrected chi connectivity index (χ1v) is 10.4. The molecule has 3 aromatic rings. The van der Waals surface area contributed by atoms with Crippen molar-refractivity contribution in [1.82, 2.24) is 15.1 Å². The number of rotatable bonds is 7. The molecule has 1 heterocycles. The number of nitrogens with two attached hydrogens (primary N) is 1. The molecule has 3 N–H and O–H groups in total. The van der Waals surface area contributed by atoms with Crippen LogP contribution in [-0.4, -0.2) is 21.7 Å². The molecule has 2 aromatic carbocycles. The van der Waals surface area contributed by atoms with E-state index >= 15 is 0 Å². The maximum atomic E-state index is 12.4. The average molecular weight is 389 g/mol. The van der Waals surface area contributed by atoms with Crippen molar-refractivity contribution in [1.29, 1.82) is 0 Å². The molecule has 4 rings (SSSR count). The van der Waals surface area contributed by atoms with E-state index in [-0.39, 0.29) is 11.9 Å². The maximum Gasteiger partial charge on any atom is 0.220 e. The molecule has 0 aliphatic heterocycles. The van der Waals surface area contributed by atoms with Crippen molar-refractivity contribution in [3.8, 4) is 11.1 Å². The molecule has 0 radical (unpaired) electrons. The van der Waals surface area contributed by atoms with Crippen LogP contribution in [0.5, 0.6) is 0 Å². The molecule has 1 aliphatic rings. The van der Waals surface area contributed by atoms with Gasteiger partial charge in [0.2, 0.25) is 5.91 Å². The van der Waals surface area contributed by atoms with Gasteiger partial charge >= 0.3 is 0 Å². The van der Waals surface area contributed by atoms with Crippen molar-refractivity contribution in [2.24, 2.45) is 11.7 Å². The van der Waals surface area contributed by atoms with Gasteiger partial charge in [-0.15, -0.1) is 0 Å². The van der Waals surface area contributed by atoms with E-state index in [9.17, 15) is 4.79 Å². The summed E-state index contributed by atoms with van der Waals surface area (Å²) >= 11 is 0. The number of amides is 1. The van der Waals surface area contributed by atoms with Crippen molar-refractivity contribution in [2.75, 3.05) is 0 Å². The summed E-state index contributed by atoms with van der Waals surface area (Å²) in [6, 6.07) is 18.9. The molecule has 5 heteroatoms. The van der Waals surface area contributed by atoms with Crippen LogP contribution in [0, 0.1) is 5.92 Å². The average Bonchev–Trinajstić information content (AvgIpc) is 3.39. The highest BCUT2D eigenvalue weighted by Crippen LogP contribution is 2.27. The fraction of sp³-hybridized carbons (Fsp3) is 0.333. The Labute approximate surface area is 171 Å². The molecule has 5 nitrogen and oxygen atoms in total. The zero-order chi connectivity index (χ0) is 20.1. The van der Waals surface area contributed by atoms with Gasteiger partial charge in [0.25, 0.3) is 0 Å². The van der Waals surface area contributed by atoms with Gasteiger partial charge in [-0.05, 0) is 47.1 Å². The lowest BCUT2D eigenvalue weighted by atomic mass is 9.98. The van der Waals surface area contributed by atoms with E-state index in [0.717, 1.165) is 42.5 Å². The summed E-state index contributed by atoms with van der Waals surface area (Å²) in [5.41, 5.74) is 10.7. The second-order valence-corrected chi connectivity index (χ2v) is 7.89. The van der Waals surface area contributed by atoms with Crippen molar-refractivity contribution >= 4 is 5.91 Å². The summed E-state index contributed by atoms with van der Waals surface area (Å²) in [6.45, 7) is 1.29. The van der Waals surface area contributed by atoms with Gasteiger partial charge in [0, 0.05) is 31.4 Å². The summed E-state index contributed by atoms with van der Waals surface area (Å²) in [4.78, 5) is 12.4. The van der Waals surface area contributed by atoms with Crippen molar-refractivity contribution in [3.05, 3.63) is 78.1 Å². The molecule has 0 saturated heterocycles.